The number of carboxylic acid groups (broad SMARTS) is 1. The Kier molecular flexibility index (Phi) is 3.93. The van der Waals surface area contributed by atoms with Crippen LogP contribution in [0.15, 0.2) is 30.3 Å². The van der Waals surface area contributed by atoms with Crippen LogP contribution in [-0.4, -0.2) is 16.1 Å². The molecular formula is C13H10Cl2N2O2. The van der Waals surface area contributed by atoms with Crippen molar-refractivity contribution in [2.24, 2.45) is 0 Å². The highest BCUT2D eigenvalue weighted by Gasteiger charge is 2.09. The van der Waals surface area contributed by atoms with Gasteiger partial charge in [-0.3, -0.25) is 0 Å². The van der Waals surface area contributed by atoms with E-state index in [-0.39, 0.29) is 5.56 Å². The standard InChI is InChI=1S/C13H10Cl2N2O2/c1-7-9(13(18)19)3-5-12(16-7)17-11-6-8(14)2-4-10(11)15/h2-6H,1H3,(H,16,17)(H,18,19). The second-order valence-electron chi connectivity index (χ2n) is 3.88. The summed E-state index contributed by atoms with van der Waals surface area (Å²) in [5, 5.41) is 13.0. The summed E-state index contributed by atoms with van der Waals surface area (Å²) in [6.45, 7) is 1.63. The Balaban J connectivity index is 2.31. The SMILES string of the molecule is Cc1nc(Nc2cc(Cl)ccc2Cl)ccc1C(=O)O. The lowest BCUT2D eigenvalue weighted by Gasteiger charge is -2.09. The first-order chi connectivity index (χ1) is 8.97. The first-order valence-corrected chi connectivity index (χ1v) is 6.16. The summed E-state index contributed by atoms with van der Waals surface area (Å²) in [6, 6.07) is 8.09. The van der Waals surface area contributed by atoms with E-state index in [1.165, 1.54) is 6.07 Å². The van der Waals surface area contributed by atoms with Gasteiger partial charge in [-0.05, 0) is 37.3 Å². The third-order valence-electron chi connectivity index (χ3n) is 2.51. The van der Waals surface area contributed by atoms with Crippen LogP contribution in [0.5, 0.6) is 0 Å². The van der Waals surface area contributed by atoms with Crippen LogP contribution in [-0.2, 0) is 0 Å². The van der Waals surface area contributed by atoms with E-state index in [1.54, 1.807) is 31.2 Å². The molecule has 0 bridgehead atoms. The van der Waals surface area contributed by atoms with Gasteiger partial charge >= 0.3 is 5.97 Å². The zero-order valence-corrected chi connectivity index (χ0v) is 11.5. The topological polar surface area (TPSA) is 62.2 Å². The zero-order chi connectivity index (χ0) is 14.0. The van der Waals surface area contributed by atoms with E-state index >= 15 is 0 Å². The lowest BCUT2D eigenvalue weighted by atomic mass is 10.2. The number of aromatic nitrogens is 1. The lowest BCUT2D eigenvalue weighted by Crippen LogP contribution is -2.03. The minimum Gasteiger partial charge on any atom is -0.478 e. The minimum absolute atomic E-state index is 0.169. The third-order valence-corrected chi connectivity index (χ3v) is 3.07. The zero-order valence-electron chi connectivity index (χ0n) is 9.95. The number of rotatable bonds is 3. The summed E-state index contributed by atoms with van der Waals surface area (Å²) < 4.78 is 0. The third kappa shape index (κ3) is 3.16. The smallest absolute Gasteiger partial charge is 0.337 e. The fraction of sp³-hybridized carbons (Fsp3) is 0.0769. The van der Waals surface area contributed by atoms with Gasteiger partial charge in [0, 0.05) is 5.02 Å². The molecule has 0 spiro atoms. The molecule has 4 nitrogen and oxygen atoms in total. The van der Waals surface area contributed by atoms with E-state index in [0.717, 1.165) is 0 Å². The van der Waals surface area contributed by atoms with E-state index in [9.17, 15) is 4.79 Å². The van der Waals surface area contributed by atoms with Gasteiger partial charge in [0.2, 0.25) is 0 Å². The van der Waals surface area contributed by atoms with Crippen molar-refractivity contribution >= 4 is 40.7 Å². The van der Waals surface area contributed by atoms with Crippen LogP contribution < -0.4 is 5.32 Å². The number of pyridine rings is 1. The number of aryl methyl sites for hydroxylation is 1. The van der Waals surface area contributed by atoms with Gasteiger partial charge in [-0.15, -0.1) is 0 Å². The maximum absolute atomic E-state index is 10.9. The number of anilines is 2. The van der Waals surface area contributed by atoms with Gasteiger partial charge in [-0.2, -0.15) is 0 Å². The summed E-state index contributed by atoms with van der Waals surface area (Å²) in [5.41, 5.74) is 1.21. The fourth-order valence-corrected chi connectivity index (χ4v) is 1.92. The highest BCUT2D eigenvalue weighted by atomic mass is 35.5. The molecular weight excluding hydrogens is 287 g/mol. The number of carbonyl (C=O) groups is 1. The first-order valence-electron chi connectivity index (χ1n) is 5.40. The molecule has 2 aromatic rings. The fourth-order valence-electron chi connectivity index (χ4n) is 1.59. The van der Waals surface area contributed by atoms with Gasteiger partial charge in [0.15, 0.2) is 0 Å². The summed E-state index contributed by atoms with van der Waals surface area (Å²) >= 11 is 11.9. The molecule has 0 radical (unpaired) electrons. The molecule has 0 amide bonds. The molecule has 0 aliphatic heterocycles. The molecule has 0 fully saturated rings. The van der Waals surface area contributed by atoms with Crippen LogP contribution in [0, 0.1) is 6.92 Å². The number of aromatic carboxylic acids is 1. The number of hydrogen-bond acceptors (Lipinski definition) is 3. The van der Waals surface area contributed by atoms with E-state index in [0.29, 0.717) is 27.2 Å². The molecule has 1 aromatic carbocycles. The molecule has 19 heavy (non-hydrogen) atoms. The summed E-state index contributed by atoms with van der Waals surface area (Å²) in [5.74, 6) is -0.496. The predicted molar refractivity (Wildman–Crippen MR) is 75.7 cm³/mol. The highest BCUT2D eigenvalue weighted by molar-refractivity contribution is 6.35. The lowest BCUT2D eigenvalue weighted by molar-refractivity contribution is 0.0695. The van der Waals surface area contributed by atoms with Crippen molar-refractivity contribution in [3.05, 3.63) is 51.6 Å². The van der Waals surface area contributed by atoms with E-state index in [4.69, 9.17) is 28.3 Å². The summed E-state index contributed by atoms with van der Waals surface area (Å²) in [6.07, 6.45) is 0. The molecule has 0 aliphatic rings. The van der Waals surface area contributed by atoms with Crippen molar-refractivity contribution in [2.75, 3.05) is 5.32 Å². The maximum Gasteiger partial charge on any atom is 0.337 e. The van der Waals surface area contributed by atoms with Gasteiger partial charge in [0.1, 0.15) is 5.82 Å². The van der Waals surface area contributed by atoms with Crippen molar-refractivity contribution < 1.29 is 9.90 Å². The van der Waals surface area contributed by atoms with E-state index < -0.39 is 5.97 Å². The van der Waals surface area contributed by atoms with E-state index in [1.807, 2.05) is 0 Å². The highest BCUT2D eigenvalue weighted by Crippen LogP contribution is 2.28. The van der Waals surface area contributed by atoms with Crippen LogP contribution in [0.1, 0.15) is 16.1 Å². The van der Waals surface area contributed by atoms with Gasteiger partial charge in [0.25, 0.3) is 0 Å². The van der Waals surface area contributed by atoms with Crippen molar-refractivity contribution in [1.82, 2.24) is 4.98 Å². The normalized spacial score (nSPS) is 10.3. The monoisotopic (exact) mass is 296 g/mol. The Hall–Kier alpha value is -1.78. The molecule has 0 unspecified atom stereocenters. The average molecular weight is 297 g/mol. The Morgan fingerprint density at radius 1 is 1.26 bits per heavy atom. The van der Waals surface area contributed by atoms with Crippen LogP contribution in [0.3, 0.4) is 0 Å². The molecule has 1 heterocycles. The minimum atomic E-state index is -1.00. The van der Waals surface area contributed by atoms with Crippen LogP contribution in [0.2, 0.25) is 10.0 Å². The van der Waals surface area contributed by atoms with Gasteiger partial charge < -0.3 is 10.4 Å². The van der Waals surface area contributed by atoms with E-state index in [2.05, 4.69) is 10.3 Å². The van der Waals surface area contributed by atoms with Crippen LogP contribution >= 0.6 is 23.2 Å². The predicted octanol–water partition coefficient (Wildman–Crippen LogP) is 4.14. The Labute approximate surface area is 120 Å². The molecule has 2 rings (SSSR count). The van der Waals surface area contributed by atoms with Crippen LogP contribution in [0.25, 0.3) is 0 Å². The van der Waals surface area contributed by atoms with Gasteiger partial charge in [-0.25, -0.2) is 9.78 Å². The second-order valence-corrected chi connectivity index (χ2v) is 4.73. The van der Waals surface area contributed by atoms with Crippen molar-refractivity contribution in [3.63, 3.8) is 0 Å². The Morgan fingerprint density at radius 2 is 2.00 bits per heavy atom. The van der Waals surface area contributed by atoms with Crippen molar-refractivity contribution in [3.8, 4) is 0 Å². The second kappa shape index (κ2) is 5.47. The molecule has 2 N–H and O–H groups in total. The number of nitrogens with one attached hydrogen (secondary N) is 1. The maximum atomic E-state index is 10.9. The number of halogens is 2. The molecule has 0 saturated heterocycles. The number of nitrogens with zero attached hydrogens (tertiary/aromatic N) is 1. The summed E-state index contributed by atoms with van der Waals surface area (Å²) in [4.78, 5) is 15.1. The average Bonchev–Trinajstić information content (AvgIpc) is 2.33. The van der Waals surface area contributed by atoms with Crippen molar-refractivity contribution in [2.45, 2.75) is 6.92 Å². The number of hydrogen-bond donors (Lipinski definition) is 2. The molecule has 0 atom stereocenters. The number of carboxylic acids is 1. The molecule has 0 aliphatic carbocycles. The van der Waals surface area contributed by atoms with Crippen molar-refractivity contribution in [1.29, 1.82) is 0 Å². The Bertz CT molecular complexity index is 645. The quantitative estimate of drug-likeness (QED) is 0.893. The molecule has 6 heteroatoms. The number of benzene rings is 1. The molecule has 0 saturated carbocycles. The first kappa shape index (κ1) is 13.6. The van der Waals surface area contributed by atoms with Gasteiger partial charge in [0.05, 0.1) is 22.0 Å². The van der Waals surface area contributed by atoms with Gasteiger partial charge in [-0.1, -0.05) is 23.2 Å². The Morgan fingerprint density at radius 3 is 2.63 bits per heavy atom. The van der Waals surface area contributed by atoms with Crippen LogP contribution in [0.4, 0.5) is 11.5 Å². The molecule has 98 valence electrons. The molecule has 1 aromatic heterocycles. The summed E-state index contributed by atoms with van der Waals surface area (Å²) in [7, 11) is 0. The largest absolute Gasteiger partial charge is 0.478 e.